The van der Waals surface area contributed by atoms with Crippen LogP contribution in [0, 0.1) is 0 Å². The number of nitrogens with two attached hydrogens (primary N) is 2. The summed E-state index contributed by atoms with van der Waals surface area (Å²) in [6.45, 7) is 0. The number of hydrogen-bond donors (Lipinski definition) is 2. The Bertz CT molecular complexity index is 433. The predicted molar refractivity (Wildman–Crippen MR) is 60.6 cm³/mol. The summed E-state index contributed by atoms with van der Waals surface area (Å²) in [6.07, 6.45) is 5.42. The van der Waals surface area contributed by atoms with Gasteiger partial charge in [0.25, 0.3) is 0 Å². The number of rotatable bonds is 1. The number of hydrogen-bond acceptors (Lipinski definition) is 2. The highest BCUT2D eigenvalue weighted by Gasteiger charge is 2.30. The summed E-state index contributed by atoms with van der Waals surface area (Å²) in [7, 11) is 0. The third kappa shape index (κ3) is 1.92. The van der Waals surface area contributed by atoms with Crippen LogP contribution < -0.4 is 11.5 Å². The lowest BCUT2D eigenvalue weighted by atomic mass is 9.91. The molecule has 4 N–H and O–H groups in total. The van der Waals surface area contributed by atoms with Gasteiger partial charge in [0.15, 0.2) is 5.79 Å². The first kappa shape index (κ1) is 9.93. The van der Waals surface area contributed by atoms with E-state index in [1.165, 1.54) is 0 Å². The average molecular weight is 204 g/mol. The van der Waals surface area contributed by atoms with Gasteiger partial charge in [0, 0.05) is 17.7 Å². The van der Waals surface area contributed by atoms with Gasteiger partial charge in [-0.2, -0.15) is 0 Å². The third-order valence-electron chi connectivity index (χ3n) is 2.46. The van der Waals surface area contributed by atoms with Gasteiger partial charge in [-0.05, 0) is 17.7 Å². The number of anilines is 1. The van der Waals surface area contributed by atoms with Crippen molar-refractivity contribution in [3.05, 3.63) is 48.1 Å². The quantitative estimate of drug-likeness (QED) is 0.544. The van der Waals surface area contributed by atoms with E-state index in [0.717, 1.165) is 5.56 Å². The molecule has 1 aliphatic carbocycles. The first-order chi connectivity index (χ1) is 7.09. The van der Waals surface area contributed by atoms with Crippen LogP contribution in [0.3, 0.4) is 0 Å². The van der Waals surface area contributed by atoms with E-state index in [9.17, 15) is 4.39 Å². The molecule has 0 aromatic heterocycles. The zero-order valence-corrected chi connectivity index (χ0v) is 8.28. The SMILES string of the molecule is Nc1cccc(C2=CC=CCC2(N)F)c1. The molecule has 1 aromatic carbocycles. The van der Waals surface area contributed by atoms with Crippen molar-refractivity contribution in [2.75, 3.05) is 5.73 Å². The molecular weight excluding hydrogens is 191 g/mol. The molecule has 0 amide bonds. The van der Waals surface area contributed by atoms with E-state index >= 15 is 0 Å². The summed E-state index contributed by atoms with van der Waals surface area (Å²) in [6, 6.07) is 7.09. The second-order valence-corrected chi connectivity index (χ2v) is 3.70. The van der Waals surface area contributed by atoms with E-state index in [-0.39, 0.29) is 6.42 Å². The molecule has 1 aromatic rings. The smallest absolute Gasteiger partial charge is 0.188 e. The maximum atomic E-state index is 14.0. The van der Waals surface area contributed by atoms with Crippen LogP contribution in [0.15, 0.2) is 42.5 Å². The molecule has 0 bridgehead atoms. The van der Waals surface area contributed by atoms with Gasteiger partial charge in [0.2, 0.25) is 0 Å². The molecule has 1 aliphatic rings. The van der Waals surface area contributed by atoms with Gasteiger partial charge in [0.05, 0.1) is 0 Å². The van der Waals surface area contributed by atoms with Crippen LogP contribution in [0.25, 0.3) is 5.57 Å². The normalized spacial score (nSPS) is 25.1. The van der Waals surface area contributed by atoms with E-state index in [4.69, 9.17) is 11.5 Å². The first-order valence-electron chi connectivity index (χ1n) is 4.80. The lowest BCUT2D eigenvalue weighted by Crippen LogP contribution is -2.36. The van der Waals surface area contributed by atoms with E-state index in [0.29, 0.717) is 11.3 Å². The van der Waals surface area contributed by atoms with E-state index in [1.807, 2.05) is 12.1 Å². The van der Waals surface area contributed by atoms with E-state index < -0.39 is 5.79 Å². The maximum Gasteiger partial charge on any atom is 0.188 e. The van der Waals surface area contributed by atoms with Crippen LogP contribution in [0.1, 0.15) is 12.0 Å². The lowest BCUT2D eigenvalue weighted by Gasteiger charge is -2.25. The Balaban J connectivity index is 2.46. The van der Waals surface area contributed by atoms with Crippen LogP contribution in [-0.4, -0.2) is 5.79 Å². The minimum Gasteiger partial charge on any atom is -0.399 e. The number of benzene rings is 1. The van der Waals surface area contributed by atoms with Crippen molar-refractivity contribution in [3.8, 4) is 0 Å². The Morgan fingerprint density at radius 2 is 2.13 bits per heavy atom. The van der Waals surface area contributed by atoms with Crippen molar-refractivity contribution < 1.29 is 4.39 Å². The van der Waals surface area contributed by atoms with Gasteiger partial charge in [0.1, 0.15) is 0 Å². The molecule has 0 fully saturated rings. The standard InChI is InChI=1S/C12H13FN2/c13-12(15)7-2-1-6-11(12)9-4-3-5-10(14)8-9/h1-6,8H,7,14-15H2. The van der Waals surface area contributed by atoms with Crippen LogP contribution in [0.4, 0.5) is 10.1 Å². The molecule has 2 nitrogen and oxygen atoms in total. The van der Waals surface area contributed by atoms with Crippen LogP contribution >= 0.6 is 0 Å². The molecule has 0 spiro atoms. The number of halogens is 1. The van der Waals surface area contributed by atoms with Crippen molar-refractivity contribution in [1.82, 2.24) is 0 Å². The molecular formula is C12H13FN2. The Kier molecular flexibility index (Phi) is 2.32. The number of nitrogen functional groups attached to an aromatic ring is 1. The summed E-state index contributed by atoms with van der Waals surface area (Å²) in [5.74, 6) is -1.79. The second-order valence-electron chi connectivity index (χ2n) is 3.70. The fraction of sp³-hybridized carbons (Fsp3) is 0.167. The Hall–Kier alpha value is -1.61. The van der Waals surface area contributed by atoms with Crippen LogP contribution in [0.5, 0.6) is 0 Å². The van der Waals surface area contributed by atoms with E-state index in [2.05, 4.69) is 0 Å². The average Bonchev–Trinajstić information content (AvgIpc) is 2.17. The molecule has 15 heavy (non-hydrogen) atoms. The van der Waals surface area contributed by atoms with Crippen molar-refractivity contribution in [1.29, 1.82) is 0 Å². The van der Waals surface area contributed by atoms with E-state index in [1.54, 1.807) is 30.4 Å². The molecule has 0 radical (unpaired) electrons. The molecule has 0 saturated carbocycles. The monoisotopic (exact) mass is 204 g/mol. The summed E-state index contributed by atoms with van der Waals surface area (Å²) in [5, 5.41) is 0. The molecule has 1 unspecified atom stereocenters. The minimum absolute atomic E-state index is 0.202. The molecule has 0 saturated heterocycles. The van der Waals surface area contributed by atoms with Crippen molar-refractivity contribution in [2.24, 2.45) is 5.73 Å². The minimum atomic E-state index is -1.79. The molecule has 78 valence electrons. The zero-order valence-electron chi connectivity index (χ0n) is 8.28. The molecule has 0 heterocycles. The molecule has 3 heteroatoms. The largest absolute Gasteiger partial charge is 0.399 e. The highest BCUT2D eigenvalue weighted by Crippen LogP contribution is 2.33. The van der Waals surface area contributed by atoms with Crippen LogP contribution in [0.2, 0.25) is 0 Å². The van der Waals surface area contributed by atoms with Gasteiger partial charge in [-0.1, -0.05) is 30.4 Å². The summed E-state index contributed by atoms with van der Waals surface area (Å²) in [4.78, 5) is 0. The number of alkyl halides is 1. The van der Waals surface area contributed by atoms with Gasteiger partial charge in [-0.25, -0.2) is 4.39 Å². The predicted octanol–water partition coefficient (Wildman–Crippen LogP) is 2.24. The van der Waals surface area contributed by atoms with Crippen molar-refractivity contribution in [3.63, 3.8) is 0 Å². The number of allylic oxidation sites excluding steroid dienone is 2. The topological polar surface area (TPSA) is 52.0 Å². The maximum absolute atomic E-state index is 14.0. The first-order valence-corrected chi connectivity index (χ1v) is 4.80. The fourth-order valence-corrected chi connectivity index (χ4v) is 1.69. The lowest BCUT2D eigenvalue weighted by molar-refractivity contribution is 0.255. The van der Waals surface area contributed by atoms with Gasteiger partial charge in [-0.15, -0.1) is 0 Å². The van der Waals surface area contributed by atoms with Gasteiger partial charge >= 0.3 is 0 Å². The van der Waals surface area contributed by atoms with Gasteiger partial charge in [-0.3, -0.25) is 5.73 Å². The summed E-state index contributed by atoms with van der Waals surface area (Å²) >= 11 is 0. The summed E-state index contributed by atoms with van der Waals surface area (Å²) < 4.78 is 14.0. The molecule has 1 atom stereocenters. The highest BCUT2D eigenvalue weighted by molar-refractivity contribution is 5.75. The highest BCUT2D eigenvalue weighted by atomic mass is 19.1. The molecule has 0 aliphatic heterocycles. The Labute approximate surface area is 88.1 Å². The van der Waals surface area contributed by atoms with Crippen LogP contribution in [-0.2, 0) is 0 Å². The Morgan fingerprint density at radius 1 is 1.33 bits per heavy atom. The van der Waals surface area contributed by atoms with Gasteiger partial charge < -0.3 is 5.73 Å². The van der Waals surface area contributed by atoms with Crippen molar-refractivity contribution >= 4 is 11.3 Å². The summed E-state index contributed by atoms with van der Waals surface area (Å²) in [5.41, 5.74) is 13.1. The van der Waals surface area contributed by atoms with Crippen molar-refractivity contribution in [2.45, 2.75) is 12.2 Å². The third-order valence-corrected chi connectivity index (χ3v) is 2.46. The molecule has 2 rings (SSSR count). The fourth-order valence-electron chi connectivity index (χ4n) is 1.69. The zero-order chi connectivity index (χ0) is 10.9. The Morgan fingerprint density at radius 3 is 2.80 bits per heavy atom. The second kappa shape index (κ2) is 3.51.